The minimum atomic E-state index is -0.161. The number of carbonyl (C=O) groups is 1. The molecule has 0 aliphatic carbocycles. The standard InChI is InChI=1S/C22H28N2O2/c1-3-11-22(16-25)12-7-14-24(15-22)21(26)20-17(2)23-13-10-19(20)18-8-5-4-6-9-18/h4-6,8-10,13,25H,3,7,11-12,14-16H2,1-2H3/t22-/m0/s1. The van der Waals surface area contributed by atoms with E-state index in [0.717, 1.165) is 49.0 Å². The van der Waals surface area contributed by atoms with Crippen molar-refractivity contribution in [2.24, 2.45) is 5.41 Å². The summed E-state index contributed by atoms with van der Waals surface area (Å²) in [6, 6.07) is 11.9. The molecular formula is C22H28N2O2. The summed E-state index contributed by atoms with van der Waals surface area (Å²) in [7, 11) is 0. The minimum Gasteiger partial charge on any atom is -0.396 e. The van der Waals surface area contributed by atoms with Crippen LogP contribution in [-0.4, -0.2) is 40.6 Å². The molecule has 26 heavy (non-hydrogen) atoms. The van der Waals surface area contributed by atoms with Crippen molar-refractivity contribution >= 4 is 5.91 Å². The third-order valence-corrected chi connectivity index (χ3v) is 5.50. The summed E-state index contributed by atoms with van der Waals surface area (Å²) in [6.07, 6.45) is 5.65. The number of pyridine rings is 1. The highest BCUT2D eigenvalue weighted by molar-refractivity contribution is 6.01. The number of aryl methyl sites for hydroxylation is 1. The van der Waals surface area contributed by atoms with Crippen LogP contribution < -0.4 is 0 Å². The second kappa shape index (κ2) is 8.00. The fourth-order valence-electron chi connectivity index (χ4n) is 4.18. The van der Waals surface area contributed by atoms with Crippen LogP contribution in [0.1, 0.15) is 48.7 Å². The predicted octanol–water partition coefficient (Wildman–Crippen LogP) is 4.07. The lowest BCUT2D eigenvalue weighted by Gasteiger charge is -2.42. The number of carbonyl (C=O) groups excluding carboxylic acids is 1. The first-order valence-corrected chi connectivity index (χ1v) is 9.51. The van der Waals surface area contributed by atoms with E-state index in [0.29, 0.717) is 12.1 Å². The Morgan fingerprint density at radius 2 is 2.04 bits per heavy atom. The molecule has 1 aromatic heterocycles. The van der Waals surface area contributed by atoms with Crippen LogP contribution in [0.5, 0.6) is 0 Å². The number of likely N-dealkylation sites (tertiary alicyclic amines) is 1. The van der Waals surface area contributed by atoms with Crippen molar-refractivity contribution in [1.82, 2.24) is 9.88 Å². The fraction of sp³-hybridized carbons (Fsp3) is 0.455. The molecule has 1 N–H and O–H groups in total. The van der Waals surface area contributed by atoms with Crippen LogP contribution >= 0.6 is 0 Å². The number of aromatic nitrogens is 1. The van der Waals surface area contributed by atoms with E-state index in [1.54, 1.807) is 6.20 Å². The molecule has 2 heterocycles. The Bertz CT molecular complexity index is 756. The van der Waals surface area contributed by atoms with E-state index in [9.17, 15) is 9.90 Å². The molecule has 1 saturated heterocycles. The van der Waals surface area contributed by atoms with Crippen molar-refractivity contribution in [3.8, 4) is 11.1 Å². The third kappa shape index (κ3) is 3.65. The highest BCUT2D eigenvalue weighted by Gasteiger charge is 2.37. The number of aliphatic hydroxyl groups excluding tert-OH is 1. The van der Waals surface area contributed by atoms with Crippen LogP contribution in [0.2, 0.25) is 0 Å². The van der Waals surface area contributed by atoms with E-state index in [-0.39, 0.29) is 17.9 Å². The molecule has 0 radical (unpaired) electrons. The van der Waals surface area contributed by atoms with Crippen LogP contribution in [0.15, 0.2) is 42.6 Å². The molecule has 4 nitrogen and oxygen atoms in total. The van der Waals surface area contributed by atoms with Crippen molar-refractivity contribution < 1.29 is 9.90 Å². The summed E-state index contributed by atoms with van der Waals surface area (Å²) in [4.78, 5) is 19.7. The first-order chi connectivity index (χ1) is 12.6. The van der Waals surface area contributed by atoms with Crippen LogP contribution in [0.25, 0.3) is 11.1 Å². The van der Waals surface area contributed by atoms with Gasteiger partial charge >= 0.3 is 0 Å². The Morgan fingerprint density at radius 3 is 2.73 bits per heavy atom. The lowest BCUT2D eigenvalue weighted by atomic mass is 9.77. The van der Waals surface area contributed by atoms with E-state index in [4.69, 9.17) is 0 Å². The largest absolute Gasteiger partial charge is 0.396 e. The second-order valence-electron chi connectivity index (χ2n) is 7.42. The van der Waals surface area contributed by atoms with Gasteiger partial charge in [-0.05, 0) is 43.4 Å². The van der Waals surface area contributed by atoms with Gasteiger partial charge in [0, 0.05) is 24.7 Å². The normalized spacial score (nSPS) is 20.2. The van der Waals surface area contributed by atoms with E-state index in [1.807, 2.05) is 48.2 Å². The molecule has 0 bridgehead atoms. The molecule has 2 aromatic rings. The van der Waals surface area contributed by atoms with Crippen molar-refractivity contribution in [2.45, 2.75) is 39.5 Å². The Balaban J connectivity index is 1.95. The molecule has 1 amide bonds. The molecular weight excluding hydrogens is 324 g/mol. The summed E-state index contributed by atoms with van der Waals surface area (Å²) in [5, 5.41) is 9.98. The lowest BCUT2D eigenvalue weighted by Crippen LogP contribution is -2.48. The number of hydrogen-bond donors (Lipinski definition) is 1. The molecule has 1 fully saturated rings. The molecule has 1 aromatic carbocycles. The number of piperidine rings is 1. The topological polar surface area (TPSA) is 53.4 Å². The van der Waals surface area contributed by atoms with Gasteiger partial charge in [0.1, 0.15) is 0 Å². The summed E-state index contributed by atoms with van der Waals surface area (Å²) in [5.74, 6) is 0.0306. The number of benzene rings is 1. The summed E-state index contributed by atoms with van der Waals surface area (Å²) < 4.78 is 0. The average Bonchev–Trinajstić information content (AvgIpc) is 2.68. The third-order valence-electron chi connectivity index (χ3n) is 5.50. The van der Waals surface area contributed by atoms with Crippen molar-refractivity contribution in [3.05, 3.63) is 53.9 Å². The zero-order valence-electron chi connectivity index (χ0n) is 15.7. The molecule has 0 saturated carbocycles. The van der Waals surface area contributed by atoms with Gasteiger partial charge in [0.2, 0.25) is 0 Å². The minimum absolute atomic E-state index is 0.0306. The van der Waals surface area contributed by atoms with Gasteiger partial charge in [0.05, 0.1) is 17.9 Å². The van der Waals surface area contributed by atoms with Gasteiger partial charge in [0.25, 0.3) is 5.91 Å². The number of hydrogen-bond acceptors (Lipinski definition) is 3. The van der Waals surface area contributed by atoms with Crippen LogP contribution in [0.3, 0.4) is 0 Å². The quantitative estimate of drug-likeness (QED) is 0.882. The van der Waals surface area contributed by atoms with Crippen molar-refractivity contribution in [1.29, 1.82) is 0 Å². The van der Waals surface area contributed by atoms with Crippen molar-refractivity contribution in [3.63, 3.8) is 0 Å². The maximum Gasteiger partial charge on any atom is 0.256 e. The molecule has 3 rings (SSSR count). The Labute approximate surface area is 155 Å². The fourth-order valence-corrected chi connectivity index (χ4v) is 4.18. The van der Waals surface area contributed by atoms with Gasteiger partial charge in [-0.1, -0.05) is 43.7 Å². The Morgan fingerprint density at radius 1 is 1.27 bits per heavy atom. The van der Waals surface area contributed by atoms with Gasteiger partial charge < -0.3 is 10.0 Å². The predicted molar refractivity (Wildman–Crippen MR) is 104 cm³/mol. The zero-order valence-corrected chi connectivity index (χ0v) is 15.7. The van der Waals surface area contributed by atoms with E-state index in [2.05, 4.69) is 11.9 Å². The van der Waals surface area contributed by atoms with Gasteiger partial charge in [0.15, 0.2) is 0 Å². The van der Waals surface area contributed by atoms with E-state index >= 15 is 0 Å². The maximum absolute atomic E-state index is 13.4. The van der Waals surface area contributed by atoms with E-state index < -0.39 is 0 Å². The monoisotopic (exact) mass is 352 g/mol. The van der Waals surface area contributed by atoms with Gasteiger partial charge in [-0.25, -0.2) is 0 Å². The van der Waals surface area contributed by atoms with Crippen molar-refractivity contribution in [2.75, 3.05) is 19.7 Å². The summed E-state index contributed by atoms with van der Waals surface area (Å²) in [6.45, 7) is 5.54. The average molecular weight is 352 g/mol. The van der Waals surface area contributed by atoms with Gasteiger partial charge in [-0.15, -0.1) is 0 Å². The molecule has 138 valence electrons. The summed E-state index contributed by atoms with van der Waals surface area (Å²) in [5.41, 5.74) is 3.24. The summed E-state index contributed by atoms with van der Waals surface area (Å²) >= 11 is 0. The first-order valence-electron chi connectivity index (χ1n) is 9.51. The molecule has 1 atom stereocenters. The Hall–Kier alpha value is -2.20. The highest BCUT2D eigenvalue weighted by atomic mass is 16.3. The molecule has 0 unspecified atom stereocenters. The van der Waals surface area contributed by atoms with Crippen LogP contribution in [0, 0.1) is 12.3 Å². The molecule has 0 spiro atoms. The van der Waals surface area contributed by atoms with Crippen LogP contribution in [0.4, 0.5) is 0 Å². The zero-order chi connectivity index (χ0) is 18.6. The molecule has 4 heteroatoms. The number of amides is 1. The van der Waals surface area contributed by atoms with Crippen LogP contribution in [-0.2, 0) is 0 Å². The molecule has 1 aliphatic heterocycles. The first kappa shape index (κ1) is 18.6. The number of aliphatic hydroxyl groups is 1. The SMILES string of the molecule is CCC[C@]1(CO)CCCN(C(=O)c2c(-c3ccccc3)ccnc2C)C1. The Kier molecular flexibility index (Phi) is 5.72. The number of nitrogens with zero attached hydrogens (tertiary/aromatic N) is 2. The van der Waals surface area contributed by atoms with E-state index in [1.165, 1.54) is 0 Å². The highest BCUT2D eigenvalue weighted by Crippen LogP contribution is 2.36. The number of rotatable bonds is 5. The lowest BCUT2D eigenvalue weighted by molar-refractivity contribution is 0.0222. The van der Waals surface area contributed by atoms with Gasteiger partial charge in [-0.3, -0.25) is 9.78 Å². The smallest absolute Gasteiger partial charge is 0.256 e. The molecule has 1 aliphatic rings. The van der Waals surface area contributed by atoms with Gasteiger partial charge in [-0.2, -0.15) is 0 Å². The second-order valence-corrected chi connectivity index (χ2v) is 7.42. The maximum atomic E-state index is 13.4.